The Balaban J connectivity index is 1.51. The molecule has 8 aromatic rings. The van der Waals surface area contributed by atoms with Crippen LogP contribution < -0.4 is 4.57 Å². The third kappa shape index (κ3) is 4.96. The van der Waals surface area contributed by atoms with E-state index >= 15 is 0 Å². The van der Waals surface area contributed by atoms with Crippen LogP contribution in [0.2, 0.25) is 0 Å². The first-order valence-electron chi connectivity index (χ1n) is 19.9. The van der Waals surface area contributed by atoms with Crippen LogP contribution in [0.4, 0.5) is 0 Å². The van der Waals surface area contributed by atoms with Crippen LogP contribution in [0.1, 0.15) is 108 Å². The predicted molar refractivity (Wildman–Crippen MR) is 228 cm³/mol. The molecule has 3 nitrogen and oxygen atoms in total. The average Bonchev–Trinajstić information content (AvgIpc) is 3.68. The van der Waals surface area contributed by atoms with E-state index in [1.54, 1.807) is 0 Å². The minimum Gasteiger partial charge on any atom is -0.454 e. The number of fused-ring (bicyclic) bond motifs is 8. The summed E-state index contributed by atoms with van der Waals surface area (Å²) in [6.07, 6.45) is 2.28. The molecule has 0 unspecified atom stereocenters. The van der Waals surface area contributed by atoms with Gasteiger partial charge >= 0.3 is 0 Å². The van der Waals surface area contributed by atoms with Gasteiger partial charge in [-0.25, -0.2) is 4.57 Å². The highest BCUT2D eigenvalue weighted by Gasteiger charge is 2.44. The number of hydrogen-bond donors (Lipinski definition) is 0. The first-order valence-corrected chi connectivity index (χ1v) is 19.9. The Morgan fingerprint density at radius 2 is 1.26 bits per heavy atom. The van der Waals surface area contributed by atoms with E-state index in [9.17, 15) is 0 Å². The van der Waals surface area contributed by atoms with Gasteiger partial charge in [-0.1, -0.05) is 128 Å². The standard InChI is InChI=1S/C51H53N2O/c1-30(2)38-28-35(33-18-12-11-13-19-33)29-39(31(3)4)46(38)53-41-23-17-16-22-40(41)52(10)49(53)42-32(5)44-45(51(8,9)27-26-50(44,6)7)43-37-25-24-34-20-14-15-21-36(34)47(37)54-48(42)43/h11-25,28-31H,26-27H2,1-10H3/q+1. The van der Waals surface area contributed by atoms with Crippen molar-refractivity contribution in [1.82, 2.24) is 4.57 Å². The molecule has 3 heteroatoms. The minimum absolute atomic E-state index is 0.00273. The molecule has 9 rings (SSSR count). The lowest BCUT2D eigenvalue weighted by molar-refractivity contribution is -0.633. The number of para-hydroxylation sites is 2. The van der Waals surface area contributed by atoms with Crippen LogP contribution in [-0.2, 0) is 17.9 Å². The zero-order valence-corrected chi connectivity index (χ0v) is 33.7. The lowest BCUT2D eigenvalue weighted by Gasteiger charge is -2.43. The molecule has 1 aliphatic rings. The Morgan fingerprint density at radius 3 is 1.94 bits per heavy atom. The van der Waals surface area contributed by atoms with Crippen LogP contribution in [-0.4, -0.2) is 4.57 Å². The third-order valence-corrected chi connectivity index (χ3v) is 12.8. The van der Waals surface area contributed by atoms with Crippen molar-refractivity contribution in [3.05, 3.63) is 131 Å². The molecule has 6 aromatic carbocycles. The van der Waals surface area contributed by atoms with E-state index in [1.807, 2.05) is 0 Å². The van der Waals surface area contributed by atoms with E-state index in [0.29, 0.717) is 11.8 Å². The van der Waals surface area contributed by atoms with E-state index in [4.69, 9.17) is 4.42 Å². The number of nitrogens with zero attached hydrogens (tertiary/aromatic N) is 2. The number of hydrogen-bond acceptors (Lipinski definition) is 1. The zero-order valence-electron chi connectivity index (χ0n) is 33.7. The number of aryl methyl sites for hydroxylation is 1. The van der Waals surface area contributed by atoms with Gasteiger partial charge in [0.15, 0.2) is 16.6 Å². The van der Waals surface area contributed by atoms with Gasteiger partial charge in [-0.3, -0.25) is 0 Å². The second-order valence-electron chi connectivity index (χ2n) is 17.9. The first-order chi connectivity index (χ1) is 25.8. The topological polar surface area (TPSA) is 21.9 Å². The summed E-state index contributed by atoms with van der Waals surface area (Å²) in [7, 11) is 2.26. The molecular formula is C51H53N2O+. The number of benzene rings is 6. The second-order valence-corrected chi connectivity index (χ2v) is 17.9. The third-order valence-electron chi connectivity index (χ3n) is 12.8. The van der Waals surface area contributed by atoms with E-state index < -0.39 is 0 Å². The summed E-state index contributed by atoms with van der Waals surface area (Å²) in [6, 6.07) is 38.0. The highest BCUT2D eigenvalue weighted by Crippen LogP contribution is 2.55. The molecule has 272 valence electrons. The normalized spacial score (nSPS) is 15.3. The molecule has 0 bridgehead atoms. The highest BCUT2D eigenvalue weighted by molar-refractivity contribution is 6.19. The van der Waals surface area contributed by atoms with Gasteiger partial charge in [0.05, 0.1) is 7.05 Å². The van der Waals surface area contributed by atoms with Crippen LogP contribution >= 0.6 is 0 Å². The molecule has 0 N–H and O–H groups in total. The molecule has 0 atom stereocenters. The molecule has 0 spiro atoms. The molecule has 2 aromatic heterocycles. The maximum atomic E-state index is 7.41. The van der Waals surface area contributed by atoms with Crippen molar-refractivity contribution in [3.8, 4) is 28.2 Å². The fraction of sp³-hybridized carbons (Fsp3) is 0.314. The summed E-state index contributed by atoms with van der Waals surface area (Å²) < 4.78 is 12.5. The SMILES string of the molecule is Cc1c2c(c3c(oc4c5ccccc5ccc43)c1-c1n(-c3c(C(C)C)cc(-c4ccccc4)cc3C(C)C)c3ccccc3[n+]1C)C(C)(C)CCC2(C)C. The number of furan rings is 1. The Morgan fingerprint density at radius 1 is 0.648 bits per heavy atom. The highest BCUT2D eigenvalue weighted by atomic mass is 16.3. The van der Waals surface area contributed by atoms with E-state index in [-0.39, 0.29) is 10.8 Å². The lowest BCUT2D eigenvalue weighted by Crippen LogP contribution is -2.36. The van der Waals surface area contributed by atoms with Gasteiger partial charge in [0.1, 0.15) is 16.8 Å². The average molecular weight is 710 g/mol. The minimum atomic E-state index is -0.00731. The van der Waals surface area contributed by atoms with Crippen molar-refractivity contribution < 1.29 is 8.98 Å². The molecule has 0 fully saturated rings. The number of rotatable bonds is 5. The van der Waals surface area contributed by atoms with Crippen molar-refractivity contribution in [2.45, 2.75) is 97.8 Å². The summed E-state index contributed by atoms with van der Waals surface area (Å²) in [4.78, 5) is 0. The van der Waals surface area contributed by atoms with Crippen LogP contribution in [0.3, 0.4) is 0 Å². The van der Waals surface area contributed by atoms with Crippen molar-refractivity contribution in [2.75, 3.05) is 0 Å². The van der Waals surface area contributed by atoms with Crippen molar-refractivity contribution in [1.29, 1.82) is 0 Å². The Kier molecular flexibility index (Phi) is 7.81. The Bertz CT molecular complexity index is 2760. The molecule has 0 radical (unpaired) electrons. The smallest absolute Gasteiger partial charge is 0.299 e. The van der Waals surface area contributed by atoms with E-state index in [1.165, 1.54) is 88.6 Å². The molecule has 0 saturated heterocycles. The van der Waals surface area contributed by atoms with Crippen LogP contribution in [0.5, 0.6) is 0 Å². The van der Waals surface area contributed by atoms with E-state index in [2.05, 4.69) is 182 Å². The number of aromatic nitrogens is 2. The fourth-order valence-electron chi connectivity index (χ4n) is 9.96. The summed E-state index contributed by atoms with van der Waals surface area (Å²) >= 11 is 0. The van der Waals surface area contributed by atoms with E-state index in [0.717, 1.165) is 24.0 Å². The summed E-state index contributed by atoms with van der Waals surface area (Å²) in [5, 5.41) is 4.88. The molecule has 2 heterocycles. The molecular weight excluding hydrogens is 657 g/mol. The molecule has 0 aliphatic heterocycles. The maximum Gasteiger partial charge on any atom is 0.299 e. The van der Waals surface area contributed by atoms with Gasteiger partial charge < -0.3 is 4.42 Å². The fourth-order valence-corrected chi connectivity index (χ4v) is 9.96. The van der Waals surface area contributed by atoms with Gasteiger partial charge in [0.25, 0.3) is 5.82 Å². The summed E-state index contributed by atoms with van der Waals surface area (Å²) in [5.74, 6) is 1.75. The number of imidazole rings is 1. The zero-order chi connectivity index (χ0) is 37.8. The van der Waals surface area contributed by atoms with Gasteiger partial charge in [-0.15, -0.1) is 0 Å². The van der Waals surface area contributed by atoms with Crippen LogP contribution in [0, 0.1) is 6.92 Å². The molecule has 54 heavy (non-hydrogen) atoms. The van der Waals surface area contributed by atoms with Gasteiger partial charge in [0.2, 0.25) is 0 Å². The monoisotopic (exact) mass is 709 g/mol. The van der Waals surface area contributed by atoms with Crippen LogP contribution in [0.25, 0.3) is 71.9 Å². The van der Waals surface area contributed by atoms with Gasteiger partial charge in [0, 0.05) is 27.3 Å². The van der Waals surface area contributed by atoms with Crippen LogP contribution in [0.15, 0.2) is 108 Å². The van der Waals surface area contributed by atoms with Crippen molar-refractivity contribution in [3.63, 3.8) is 0 Å². The Hall–Kier alpha value is -5.15. The maximum absolute atomic E-state index is 7.41. The predicted octanol–water partition coefficient (Wildman–Crippen LogP) is 13.7. The molecule has 0 amide bonds. The lowest BCUT2D eigenvalue weighted by atomic mass is 9.60. The van der Waals surface area contributed by atoms with Gasteiger partial charge in [-0.2, -0.15) is 4.57 Å². The Labute approximate surface area is 320 Å². The first kappa shape index (κ1) is 34.6. The summed E-state index contributed by atoms with van der Waals surface area (Å²) in [6.45, 7) is 21.6. The van der Waals surface area contributed by atoms with Crippen molar-refractivity contribution >= 4 is 43.7 Å². The van der Waals surface area contributed by atoms with Crippen molar-refractivity contribution in [2.24, 2.45) is 7.05 Å². The van der Waals surface area contributed by atoms with Gasteiger partial charge in [-0.05, 0) is 106 Å². The largest absolute Gasteiger partial charge is 0.454 e. The molecule has 0 saturated carbocycles. The quantitative estimate of drug-likeness (QED) is 0.163. The molecule has 1 aliphatic carbocycles. The summed E-state index contributed by atoms with van der Waals surface area (Å²) in [5.41, 5.74) is 16.4. The second kappa shape index (κ2) is 12.2.